The third-order valence-corrected chi connectivity index (χ3v) is 10.6. The molecule has 0 saturated heterocycles. The molecule has 11 aromatic rings. The zero-order valence-electron chi connectivity index (χ0n) is 28.1. The Morgan fingerprint density at radius 2 is 0.731 bits per heavy atom. The van der Waals surface area contributed by atoms with Gasteiger partial charge in [-0.25, -0.2) is 0 Å². The molecule has 0 radical (unpaired) electrons. The van der Waals surface area contributed by atoms with Crippen molar-refractivity contribution < 1.29 is 0 Å². The lowest BCUT2D eigenvalue weighted by Crippen LogP contribution is -1.95. The van der Waals surface area contributed by atoms with E-state index < -0.39 is 0 Å². The molecule has 0 atom stereocenters. The van der Waals surface area contributed by atoms with Gasteiger partial charge in [0.25, 0.3) is 0 Å². The zero-order valence-corrected chi connectivity index (χ0v) is 28.1. The minimum atomic E-state index is 0.988. The molecule has 0 spiro atoms. The van der Waals surface area contributed by atoms with Gasteiger partial charge in [0.15, 0.2) is 0 Å². The quantitative estimate of drug-likeness (QED) is 0.188. The van der Waals surface area contributed by atoms with Crippen LogP contribution in [0.15, 0.2) is 182 Å². The topological polar surface area (TPSA) is 35.6 Å². The molecular weight excluding hydrogens is 633 g/mol. The third kappa shape index (κ3) is 4.28. The summed E-state index contributed by atoms with van der Waals surface area (Å²) in [5.74, 6) is 0. The number of pyridine rings is 2. The highest BCUT2D eigenvalue weighted by Crippen LogP contribution is 2.41. The monoisotopic (exact) mass is 662 g/mol. The van der Waals surface area contributed by atoms with E-state index in [9.17, 15) is 0 Å². The average molecular weight is 663 g/mol. The van der Waals surface area contributed by atoms with E-state index in [0.29, 0.717) is 0 Å². The summed E-state index contributed by atoms with van der Waals surface area (Å²) in [6, 6.07) is 60.7. The summed E-state index contributed by atoms with van der Waals surface area (Å²) in [4.78, 5) is 9.83. The largest absolute Gasteiger partial charge is 0.309 e. The molecule has 0 unspecified atom stereocenters. The first-order chi connectivity index (χ1) is 25.8. The number of para-hydroxylation sites is 3. The number of hydrogen-bond acceptors (Lipinski definition) is 2. The number of rotatable bonds is 4. The van der Waals surface area contributed by atoms with Crippen LogP contribution in [0.2, 0.25) is 0 Å². The second-order valence-electron chi connectivity index (χ2n) is 13.5. The molecule has 4 aromatic heterocycles. The summed E-state index contributed by atoms with van der Waals surface area (Å²) >= 11 is 0. The van der Waals surface area contributed by atoms with Crippen LogP contribution in [0.1, 0.15) is 0 Å². The fourth-order valence-corrected chi connectivity index (χ4v) is 8.17. The molecule has 11 rings (SSSR count). The number of benzene rings is 7. The number of hydrogen-bond donors (Lipinski definition) is 0. The minimum absolute atomic E-state index is 0.988. The predicted molar refractivity (Wildman–Crippen MR) is 217 cm³/mol. The summed E-state index contributed by atoms with van der Waals surface area (Å²) in [7, 11) is 0. The van der Waals surface area contributed by atoms with Gasteiger partial charge in [-0.05, 0) is 82.9 Å². The molecule has 0 aliphatic rings. The van der Waals surface area contributed by atoms with Gasteiger partial charge in [0.2, 0.25) is 0 Å². The SMILES string of the molecule is c1ccc(-c2ccc(-n3c4ccc(-c5ccc6c(c5)c5cnc7ccccc7c5n6-c5ccccc5)cc4c4cnc5ccccc5c43)cc2)cc1. The van der Waals surface area contributed by atoms with Gasteiger partial charge >= 0.3 is 0 Å². The predicted octanol–water partition coefficient (Wildman–Crippen LogP) is 12.3. The Bertz CT molecular complexity index is 3160. The first-order valence-corrected chi connectivity index (χ1v) is 17.7. The van der Waals surface area contributed by atoms with E-state index in [0.717, 1.165) is 66.1 Å². The molecule has 0 aliphatic carbocycles. The van der Waals surface area contributed by atoms with Gasteiger partial charge in [0, 0.05) is 56.1 Å². The maximum Gasteiger partial charge on any atom is 0.0723 e. The van der Waals surface area contributed by atoms with Crippen molar-refractivity contribution in [2.24, 2.45) is 0 Å². The highest BCUT2D eigenvalue weighted by Gasteiger charge is 2.19. The molecule has 242 valence electrons. The van der Waals surface area contributed by atoms with Crippen LogP contribution in [-0.4, -0.2) is 19.1 Å². The Morgan fingerprint density at radius 3 is 1.27 bits per heavy atom. The molecule has 0 N–H and O–H groups in total. The zero-order chi connectivity index (χ0) is 34.2. The number of aromatic nitrogens is 4. The average Bonchev–Trinajstić information content (AvgIpc) is 3.74. The maximum atomic E-state index is 4.93. The van der Waals surface area contributed by atoms with Crippen molar-refractivity contribution in [3.05, 3.63) is 182 Å². The lowest BCUT2D eigenvalue weighted by molar-refractivity contribution is 1.18. The van der Waals surface area contributed by atoms with E-state index >= 15 is 0 Å². The Labute approximate surface area is 299 Å². The van der Waals surface area contributed by atoms with Crippen LogP contribution in [0.4, 0.5) is 0 Å². The Balaban J connectivity index is 1.14. The van der Waals surface area contributed by atoms with Crippen molar-refractivity contribution in [1.82, 2.24) is 19.1 Å². The van der Waals surface area contributed by atoms with Crippen molar-refractivity contribution >= 4 is 65.4 Å². The van der Waals surface area contributed by atoms with Crippen LogP contribution in [0, 0.1) is 0 Å². The van der Waals surface area contributed by atoms with Crippen molar-refractivity contribution in [1.29, 1.82) is 0 Å². The fourth-order valence-electron chi connectivity index (χ4n) is 8.17. The first kappa shape index (κ1) is 28.8. The van der Waals surface area contributed by atoms with Gasteiger partial charge in [-0.15, -0.1) is 0 Å². The van der Waals surface area contributed by atoms with Crippen molar-refractivity contribution in [2.75, 3.05) is 0 Å². The Morgan fingerprint density at radius 1 is 0.308 bits per heavy atom. The molecule has 0 bridgehead atoms. The van der Waals surface area contributed by atoms with E-state index in [-0.39, 0.29) is 0 Å². The molecular formula is C48H30N4. The van der Waals surface area contributed by atoms with Gasteiger partial charge < -0.3 is 9.13 Å². The van der Waals surface area contributed by atoms with E-state index in [1.807, 2.05) is 12.4 Å². The molecule has 52 heavy (non-hydrogen) atoms. The second kappa shape index (κ2) is 11.2. The van der Waals surface area contributed by atoms with Crippen molar-refractivity contribution in [2.45, 2.75) is 0 Å². The fraction of sp³-hybridized carbons (Fsp3) is 0. The van der Waals surface area contributed by atoms with Crippen LogP contribution in [0.25, 0.3) is 99.0 Å². The molecule has 4 heteroatoms. The van der Waals surface area contributed by atoms with Crippen molar-refractivity contribution in [3.8, 4) is 33.6 Å². The van der Waals surface area contributed by atoms with E-state index in [2.05, 4.69) is 179 Å². The van der Waals surface area contributed by atoms with Crippen LogP contribution in [0.3, 0.4) is 0 Å². The molecule has 4 nitrogen and oxygen atoms in total. The molecule has 4 heterocycles. The van der Waals surface area contributed by atoms with Gasteiger partial charge in [0.05, 0.1) is 33.1 Å². The lowest BCUT2D eigenvalue weighted by Gasteiger charge is -2.11. The molecule has 0 amide bonds. The Kier molecular flexibility index (Phi) is 6.22. The molecule has 0 aliphatic heterocycles. The lowest BCUT2D eigenvalue weighted by atomic mass is 10.0. The summed E-state index contributed by atoms with van der Waals surface area (Å²) in [5, 5.41) is 6.93. The smallest absolute Gasteiger partial charge is 0.0723 e. The second-order valence-corrected chi connectivity index (χ2v) is 13.5. The molecule has 7 aromatic carbocycles. The standard InChI is InChI=1S/C48H30N4/c1-3-11-31(12-4-1)32-19-23-36(24-20-32)52-46-26-22-34(28-40(46)42-30-50-44-18-10-8-16-38(44)48(42)52)33-21-25-45-39(27-33)41-29-49-43-17-9-7-15-37(43)47(41)51(45)35-13-5-2-6-14-35/h1-30H. The first-order valence-electron chi connectivity index (χ1n) is 17.7. The van der Waals surface area contributed by atoms with E-state index in [1.165, 1.54) is 32.9 Å². The van der Waals surface area contributed by atoms with Crippen molar-refractivity contribution in [3.63, 3.8) is 0 Å². The molecule has 0 fully saturated rings. The van der Waals surface area contributed by atoms with Crippen LogP contribution in [0.5, 0.6) is 0 Å². The van der Waals surface area contributed by atoms with Gasteiger partial charge in [0.1, 0.15) is 0 Å². The van der Waals surface area contributed by atoms with Gasteiger partial charge in [-0.1, -0.05) is 109 Å². The normalized spacial score (nSPS) is 11.8. The minimum Gasteiger partial charge on any atom is -0.309 e. The third-order valence-electron chi connectivity index (χ3n) is 10.6. The van der Waals surface area contributed by atoms with E-state index in [1.54, 1.807) is 0 Å². The number of nitrogens with zero attached hydrogens (tertiary/aromatic N) is 4. The van der Waals surface area contributed by atoms with Gasteiger partial charge in [-0.2, -0.15) is 0 Å². The summed E-state index contributed by atoms with van der Waals surface area (Å²) in [6.07, 6.45) is 4.09. The van der Waals surface area contributed by atoms with Crippen LogP contribution < -0.4 is 0 Å². The van der Waals surface area contributed by atoms with Gasteiger partial charge in [-0.3, -0.25) is 9.97 Å². The highest BCUT2D eigenvalue weighted by molar-refractivity contribution is 6.20. The van der Waals surface area contributed by atoms with Crippen LogP contribution in [-0.2, 0) is 0 Å². The molecule has 0 saturated carbocycles. The Hall–Kier alpha value is -7.04. The summed E-state index contributed by atoms with van der Waals surface area (Å²) in [5.41, 5.74) is 13.6. The number of fused-ring (bicyclic) bond motifs is 10. The summed E-state index contributed by atoms with van der Waals surface area (Å²) in [6.45, 7) is 0. The maximum absolute atomic E-state index is 4.93. The highest BCUT2D eigenvalue weighted by atomic mass is 15.0. The van der Waals surface area contributed by atoms with E-state index in [4.69, 9.17) is 9.97 Å². The van der Waals surface area contributed by atoms with Crippen LogP contribution >= 0.6 is 0 Å². The summed E-state index contributed by atoms with van der Waals surface area (Å²) < 4.78 is 4.79.